The predicted molar refractivity (Wildman–Crippen MR) is 73.7 cm³/mol. The molecular formula is C14H14N2OS. The summed E-state index contributed by atoms with van der Waals surface area (Å²) in [7, 11) is 0. The van der Waals surface area contributed by atoms with Gasteiger partial charge >= 0.3 is 0 Å². The number of nitrogens with one attached hydrogen (secondary N) is 1. The molecular weight excluding hydrogens is 244 g/mol. The molecule has 0 aliphatic carbocycles. The number of anilines is 1. The van der Waals surface area contributed by atoms with Gasteiger partial charge in [-0.25, -0.2) is 0 Å². The van der Waals surface area contributed by atoms with Crippen molar-refractivity contribution in [1.82, 2.24) is 0 Å². The predicted octanol–water partition coefficient (Wildman–Crippen LogP) is 3.79. The van der Waals surface area contributed by atoms with Crippen LogP contribution in [0.2, 0.25) is 0 Å². The van der Waals surface area contributed by atoms with Crippen molar-refractivity contribution in [1.29, 1.82) is 5.26 Å². The molecule has 0 saturated carbocycles. The van der Waals surface area contributed by atoms with Crippen LogP contribution in [0, 0.1) is 18.3 Å². The van der Waals surface area contributed by atoms with E-state index in [0.717, 1.165) is 22.1 Å². The molecule has 4 heteroatoms. The molecule has 0 aliphatic rings. The van der Waals surface area contributed by atoms with Crippen LogP contribution in [0.15, 0.2) is 39.6 Å². The maximum Gasteiger partial charge on any atom is 0.123 e. The first-order valence-electron chi connectivity index (χ1n) is 5.61. The van der Waals surface area contributed by atoms with Crippen LogP contribution in [0.4, 0.5) is 5.69 Å². The van der Waals surface area contributed by atoms with Crippen molar-refractivity contribution in [2.45, 2.75) is 18.4 Å². The zero-order valence-electron chi connectivity index (χ0n) is 10.4. The van der Waals surface area contributed by atoms with Gasteiger partial charge in [0.25, 0.3) is 0 Å². The molecule has 0 bridgehead atoms. The first-order chi connectivity index (χ1) is 8.74. The average molecular weight is 258 g/mol. The molecule has 0 fully saturated rings. The minimum atomic E-state index is 0.584. The Labute approximate surface area is 111 Å². The largest absolute Gasteiger partial charge is 0.465 e. The van der Waals surface area contributed by atoms with Crippen LogP contribution in [-0.2, 0) is 6.54 Å². The lowest BCUT2D eigenvalue weighted by Gasteiger charge is -2.09. The van der Waals surface area contributed by atoms with Gasteiger partial charge in [-0.05, 0) is 37.4 Å². The van der Waals surface area contributed by atoms with Gasteiger partial charge in [0.05, 0.1) is 17.8 Å². The molecule has 1 heterocycles. The molecule has 0 atom stereocenters. The van der Waals surface area contributed by atoms with E-state index in [1.807, 2.05) is 43.5 Å². The third-order valence-electron chi connectivity index (χ3n) is 2.61. The highest BCUT2D eigenvalue weighted by atomic mass is 32.2. The van der Waals surface area contributed by atoms with Gasteiger partial charge in [0.2, 0.25) is 0 Å². The molecule has 18 heavy (non-hydrogen) atoms. The van der Waals surface area contributed by atoms with E-state index in [0.29, 0.717) is 12.1 Å². The summed E-state index contributed by atoms with van der Waals surface area (Å²) in [6.07, 6.45) is 1.97. The van der Waals surface area contributed by atoms with Crippen LogP contribution in [0.1, 0.15) is 17.1 Å². The maximum atomic E-state index is 9.20. The van der Waals surface area contributed by atoms with E-state index >= 15 is 0 Å². The number of furan rings is 1. The fourth-order valence-corrected chi connectivity index (χ4v) is 2.30. The summed E-state index contributed by atoms with van der Waals surface area (Å²) < 4.78 is 5.48. The quantitative estimate of drug-likeness (QED) is 0.847. The second kappa shape index (κ2) is 5.65. The van der Waals surface area contributed by atoms with Crippen molar-refractivity contribution in [3.05, 3.63) is 47.4 Å². The number of aryl methyl sites for hydroxylation is 1. The second-order valence-electron chi connectivity index (χ2n) is 3.86. The van der Waals surface area contributed by atoms with Crippen molar-refractivity contribution in [3.63, 3.8) is 0 Å². The highest BCUT2D eigenvalue weighted by molar-refractivity contribution is 7.98. The zero-order valence-corrected chi connectivity index (χ0v) is 11.2. The van der Waals surface area contributed by atoms with E-state index in [-0.39, 0.29) is 0 Å². The first kappa shape index (κ1) is 12.6. The van der Waals surface area contributed by atoms with E-state index < -0.39 is 0 Å². The molecule has 0 aliphatic heterocycles. The topological polar surface area (TPSA) is 49.0 Å². The minimum Gasteiger partial charge on any atom is -0.465 e. The van der Waals surface area contributed by atoms with E-state index in [2.05, 4.69) is 11.4 Å². The van der Waals surface area contributed by atoms with Crippen LogP contribution in [-0.4, -0.2) is 6.26 Å². The molecule has 0 saturated heterocycles. The van der Waals surface area contributed by atoms with Crippen molar-refractivity contribution >= 4 is 17.4 Å². The number of nitrogens with zero attached hydrogens (tertiary/aromatic N) is 1. The monoisotopic (exact) mass is 258 g/mol. The SMILES string of the molecule is CSc1cccc(NCc2ccc(C)o2)c1C#N. The van der Waals surface area contributed by atoms with Gasteiger partial charge < -0.3 is 9.73 Å². The standard InChI is InChI=1S/C14H14N2OS/c1-10-6-7-11(17-10)9-16-13-4-3-5-14(18-2)12(13)8-15/h3-7,16H,9H2,1-2H3. The third-order valence-corrected chi connectivity index (χ3v) is 3.39. The number of nitriles is 1. The second-order valence-corrected chi connectivity index (χ2v) is 4.71. The molecule has 2 aromatic rings. The highest BCUT2D eigenvalue weighted by Gasteiger charge is 2.07. The summed E-state index contributed by atoms with van der Waals surface area (Å²) in [4.78, 5) is 0.984. The Hall–Kier alpha value is -1.86. The van der Waals surface area contributed by atoms with E-state index in [1.54, 1.807) is 11.8 Å². The normalized spacial score (nSPS) is 10.1. The first-order valence-corrected chi connectivity index (χ1v) is 6.83. The van der Waals surface area contributed by atoms with Crippen molar-refractivity contribution in [3.8, 4) is 6.07 Å². The smallest absolute Gasteiger partial charge is 0.123 e. The summed E-state index contributed by atoms with van der Waals surface area (Å²) >= 11 is 1.57. The Balaban J connectivity index is 2.17. The van der Waals surface area contributed by atoms with Crippen molar-refractivity contribution in [2.75, 3.05) is 11.6 Å². The number of hydrogen-bond donors (Lipinski definition) is 1. The Morgan fingerprint density at radius 1 is 1.33 bits per heavy atom. The molecule has 0 spiro atoms. The van der Waals surface area contributed by atoms with E-state index in [1.165, 1.54) is 0 Å². The zero-order chi connectivity index (χ0) is 13.0. The molecule has 92 valence electrons. The highest BCUT2D eigenvalue weighted by Crippen LogP contribution is 2.26. The van der Waals surface area contributed by atoms with Gasteiger partial charge in [0, 0.05) is 4.90 Å². The molecule has 0 unspecified atom stereocenters. The van der Waals surface area contributed by atoms with Gasteiger partial charge in [-0.2, -0.15) is 5.26 Å². The Morgan fingerprint density at radius 3 is 2.78 bits per heavy atom. The van der Waals surface area contributed by atoms with Crippen LogP contribution in [0.25, 0.3) is 0 Å². The Morgan fingerprint density at radius 2 is 2.17 bits per heavy atom. The Kier molecular flexibility index (Phi) is 3.96. The van der Waals surface area contributed by atoms with Crippen LogP contribution >= 0.6 is 11.8 Å². The van der Waals surface area contributed by atoms with Gasteiger partial charge in [-0.15, -0.1) is 11.8 Å². The van der Waals surface area contributed by atoms with E-state index in [9.17, 15) is 5.26 Å². The van der Waals surface area contributed by atoms with Gasteiger partial charge in [0.15, 0.2) is 0 Å². The number of benzene rings is 1. The molecule has 1 aromatic carbocycles. The van der Waals surface area contributed by atoms with Crippen molar-refractivity contribution in [2.24, 2.45) is 0 Å². The lowest BCUT2D eigenvalue weighted by molar-refractivity contribution is 0.490. The molecule has 1 N–H and O–H groups in total. The van der Waals surface area contributed by atoms with Crippen LogP contribution in [0.3, 0.4) is 0 Å². The number of thioether (sulfide) groups is 1. The lowest BCUT2D eigenvalue weighted by atomic mass is 10.2. The third kappa shape index (κ3) is 2.69. The minimum absolute atomic E-state index is 0.584. The van der Waals surface area contributed by atoms with Gasteiger partial charge in [0.1, 0.15) is 17.6 Å². The summed E-state index contributed by atoms with van der Waals surface area (Å²) in [6.45, 7) is 2.50. The fraction of sp³-hybridized carbons (Fsp3) is 0.214. The molecule has 1 aromatic heterocycles. The summed E-state index contributed by atoms with van der Waals surface area (Å²) in [6, 6.07) is 11.9. The Bertz CT molecular complexity index is 584. The number of rotatable bonds is 4. The van der Waals surface area contributed by atoms with E-state index in [4.69, 9.17) is 4.42 Å². The summed E-state index contributed by atoms with van der Waals surface area (Å²) in [5, 5.41) is 12.4. The maximum absolute atomic E-state index is 9.20. The molecule has 0 radical (unpaired) electrons. The van der Waals surface area contributed by atoms with Gasteiger partial charge in [-0.1, -0.05) is 6.07 Å². The average Bonchev–Trinajstić information content (AvgIpc) is 2.81. The van der Waals surface area contributed by atoms with Crippen LogP contribution in [0.5, 0.6) is 0 Å². The fourth-order valence-electron chi connectivity index (χ4n) is 1.73. The molecule has 2 rings (SSSR count). The van der Waals surface area contributed by atoms with Gasteiger partial charge in [-0.3, -0.25) is 0 Å². The summed E-state index contributed by atoms with van der Waals surface area (Å²) in [5.41, 5.74) is 1.53. The lowest BCUT2D eigenvalue weighted by Crippen LogP contribution is -2.01. The number of hydrogen-bond acceptors (Lipinski definition) is 4. The molecule has 3 nitrogen and oxygen atoms in total. The molecule has 0 amide bonds. The van der Waals surface area contributed by atoms with Crippen LogP contribution < -0.4 is 5.32 Å². The summed E-state index contributed by atoms with van der Waals surface area (Å²) in [5.74, 6) is 1.76. The van der Waals surface area contributed by atoms with Crippen molar-refractivity contribution < 1.29 is 4.42 Å².